The summed E-state index contributed by atoms with van der Waals surface area (Å²) in [6, 6.07) is 5.64. The SMILES string of the molecule is COc1cc2c(c(C(=CC(=O)O)C(=O)O)c1)-c1c(cc3n1CCN=C3C)CC2. The van der Waals surface area contributed by atoms with Crippen molar-refractivity contribution in [1.29, 1.82) is 0 Å². The Balaban J connectivity index is 2.05. The van der Waals surface area contributed by atoms with Crippen LogP contribution in [0.25, 0.3) is 16.8 Å². The lowest BCUT2D eigenvalue weighted by Gasteiger charge is -2.25. The largest absolute Gasteiger partial charge is 0.497 e. The minimum absolute atomic E-state index is 0.257. The molecule has 0 unspecified atom stereocenters. The van der Waals surface area contributed by atoms with Gasteiger partial charge in [0.05, 0.1) is 36.3 Å². The molecule has 144 valence electrons. The average molecular weight is 380 g/mol. The molecule has 0 fully saturated rings. The second kappa shape index (κ2) is 6.67. The fourth-order valence-corrected chi connectivity index (χ4v) is 4.15. The molecule has 0 radical (unpaired) electrons. The summed E-state index contributed by atoms with van der Waals surface area (Å²) >= 11 is 0. The van der Waals surface area contributed by atoms with Crippen LogP contribution in [0, 0.1) is 0 Å². The van der Waals surface area contributed by atoms with Crippen LogP contribution in [-0.4, -0.2) is 46.1 Å². The normalized spacial score (nSPS) is 15.2. The van der Waals surface area contributed by atoms with Crippen molar-refractivity contribution in [1.82, 2.24) is 4.57 Å². The Morgan fingerprint density at radius 2 is 1.93 bits per heavy atom. The van der Waals surface area contributed by atoms with E-state index in [2.05, 4.69) is 15.6 Å². The van der Waals surface area contributed by atoms with E-state index in [1.807, 2.05) is 13.0 Å². The number of carbonyl (C=O) groups is 2. The van der Waals surface area contributed by atoms with Gasteiger partial charge in [-0.3, -0.25) is 4.99 Å². The standard InChI is InChI=1S/C21H20N2O5/c1-11-17-8-13-4-3-12-7-14(28-2)9-15(16(21(26)27)10-18(24)25)19(12)20(13)23(17)6-5-22-11/h7-10H,3-6H2,1-2H3,(H,24,25)(H,26,27). The first-order valence-electron chi connectivity index (χ1n) is 9.04. The summed E-state index contributed by atoms with van der Waals surface area (Å²) in [5, 5.41) is 18.9. The second-order valence-corrected chi connectivity index (χ2v) is 6.93. The molecule has 1 aliphatic carbocycles. The smallest absolute Gasteiger partial charge is 0.336 e. The van der Waals surface area contributed by atoms with Crippen LogP contribution in [0.1, 0.15) is 29.3 Å². The fourth-order valence-electron chi connectivity index (χ4n) is 4.15. The van der Waals surface area contributed by atoms with Gasteiger partial charge in [-0.05, 0) is 49.1 Å². The summed E-state index contributed by atoms with van der Waals surface area (Å²) in [6.07, 6.45) is 2.30. The quantitative estimate of drug-likeness (QED) is 0.794. The number of aromatic nitrogens is 1. The molecule has 1 aromatic carbocycles. The number of methoxy groups -OCH3 is 1. The predicted octanol–water partition coefficient (Wildman–Crippen LogP) is 2.64. The highest BCUT2D eigenvalue weighted by Gasteiger charge is 2.30. The van der Waals surface area contributed by atoms with E-state index in [-0.39, 0.29) is 5.57 Å². The molecule has 0 atom stereocenters. The molecule has 2 aromatic rings. The van der Waals surface area contributed by atoms with Gasteiger partial charge in [0.1, 0.15) is 5.75 Å². The Morgan fingerprint density at radius 3 is 2.61 bits per heavy atom. The summed E-state index contributed by atoms with van der Waals surface area (Å²) in [4.78, 5) is 27.7. The Kier molecular flexibility index (Phi) is 4.30. The molecular formula is C21H20N2O5. The topological polar surface area (TPSA) is 101 Å². The van der Waals surface area contributed by atoms with Gasteiger partial charge in [0, 0.05) is 23.7 Å². The van der Waals surface area contributed by atoms with Gasteiger partial charge in [-0.2, -0.15) is 0 Å². The van der Waals surface area contributed by atoms with E-state index >= 15 is 0 Å². The number of rotatable bonds is 4. The summed E-state index contributed by atoms with van der Waals surface area (Å²) in [5.41, 5.74) is 5.92. The second-order valence-electron chi connectivity index (χ2n) is 6.93. The van der Waals surface area contributed by atoms with E-state index in [1.54, 1.807) is 6.07 Å². The molecule has 2 heterocycles. The number of carboxylic acid groups (broad SMARTS) is 2. The molecule has 2 N–H and O–H groups in total. The van der Waals surface area contributed by atoms with Gasteiger partial charge in [-0.1, -0.05) is 0 Å². The van der Waals surface area contributed by atoms with Gasteiger partial charge >= 0.3 is 11.9 Å². The van der Waals surface area contributed by atoms with Crippen molar-refractivity contribution in [3.05, 3.63) is 46.7 Å². The summed E-state index contributed by atoms with van der Waals surface area (Å²) in [7, 11) is 1.51. The first-order chi connectivity index (χ1) is 13.4. The lowest BCUT2D eigenvalue weighted by atomic mass is 9.84. The van der Waals surface area contributed by atoms with E-state index in [1.165, 1.54) is 7.11 Å². The number of benzene rings is 1. The van der Waals surface area contributed by atoms with Crippen LogP contribution in [0.5, 0.6) is 5.75 Å². The molecule has 1 aliphatic heterocycles. The lowest BCUT2D eigenvalue weighted by Crippen LogP contribution is -2.18. The van der Waals surface area contributed by atoms with Crippen LogP contribution in [-0.2, 0) is 29.0 Å². The number of aryl methyl sites for hydroxylation is 2. The maximum absolute atomic E-state index is 11.9. The van der Waals surface area contributed by atoms with Crippen LogP contribution >= 0.6 is 0 Å². The lowest BCUT2D eigenvalue weighted by molar-refractivity contribution is -0.133. The number of aliphatic imine (C=N–C) groups is 1. The Bertz CT molecular complexity index is 1070. The number of hydrogen-bond acceptors (Lipinski definition) is 4. The fraction of sp³-hybridized carbons (Fsp3) is 0.286. The van der Waals surface area contributed by atoms with Crippen LogP contribution in [0.3, 0.4) is 0 Å². The number of hydrogen-bond donors (Lipinski definition) is 2. The van der Waals surface area contributed by atoms with Crippen molar-refractivity contribution in [2.24, 2.45) is 4.99 Å². The van der Waals surface area contributed by atoms with Gasteiger partial charge < -0.3 is 19.5 Å². The molecule has 1 aromatic heterocycles. The van der Waals surface area contributed by atoms with E-state index in [0.717, 1.165) is 52.7 Å². The highest BCUT2D eigenvalue weighted by Crippen LogP contribution is 2.43. The Hall–Kier alpha value is -3.35. The van der Waals surface area contributed by atoms with Gasteiger partial charge in [0.2, 0.25) is 0 Å². The molecule has 7 heteroatoms. The van der Waals surface area contributed by atoms with Crippen LogP contribution in [0.2, 0.25) is 0 Å². The van der Waals surface area contributed by atoms with Crippen LogP contribution < -0.4 is 4.74 Å². The monoisotopic (exact) mass is 380 g/mol. The minimum atomic E-state index is -1.30. The minimum Gasteiger partial charge on any atom is -0.497 e. The third-order valence-electron chi connectivity index (χ3n) is 5.34. The molecule has 0 bridgehead atoms. The van der Waals surface area contributed by atoms with Gasteiger partial charge in [0.25, 0.3) is 0 Å². The Labute approximate surface area is 161 Å². The van der Waals surface area contributed by atoms with Crippen molar-refractivity contribution >= 4 is 23.2 Å². The molecule has 0 amide bonds. The van der Waals surface area contributed by atoms with Crippen LogP contribution in [0.15, 0.2) is 29.3 Å². The van der Waals surface area contributed by atoms with E-state index in [9.17, 15) is 19.8 Å². The zero-order chi connectivity index (χ0) is 20.0. The molecule has 0 saturated heterocycles. The zero-order valence-electron chi connectivity index (χ0n) is 15.7. The zero-order valence-corrected chi connectivity index (χ0v) is 15.7. The molecule has 2 aliphatic rings. The average Bonchev–Trinajstić information content (AvgIpc) is 3.05. The van der Waals surface area contributed by atoms with Crippen molar-refractivity contribution in [2.45, 2.75) is 26.3 Å². The van der Waals surface area contributed by atoms with E-state index in [0.29, 0.717) is 24.4 Å². The first kappa shape index (κ1) is 18.0. The molecule has 7 nitrogen and oxygen atoms in total. The van der Waals surface area contributed by atoms with Crippen molar-refractivity contribution in [2.75, 3.05) is 13.7 Å². The summed E-state index contributed by atoms with van der Waals surface area (Å²) in [5.74, 6) is -2.07. The van der Waals surface area contributed by atoms with Crippen LogP contribution in [0.4, 0.5) is 0 Å². The van der Waals surface area contributed by atoms with Crippen molar-refractivity contribution in [3.63, 3.8) is 0 Å². The first-order valence-corrected chi connectivity index (χ1v) is 9.04. The number of fused-ring (bicyclic) bond motifs is 5. The number of aliphatic carboxylic acids is 2. The third-order valence-corrected chi connectivity index (χ3v) is 5.34. The predicted molar refractivity (Wildman–Crippen MR) is 104 cm³/mol. The number of nitrogens with zero attached hydrogens (tertiary/aromatic N) is 2. The molecular weight excluding hydrogens is 360 g/mol. The Morgan fingerprint density at radius 1 is 1.18 bits per heavy atom. The van der Waals surface area contributed by atoms with Gasteiger partial charge in [-0.15, -0.1) is 0 Å². The molecule has 0 saturated carbocycles. The highest BCUT2D eigenvalue weighted by atomic mass is 16.5. The molecule has 4 rings (SSSR count). The maximum Gasteiger partial charge on any atom is 0.336 e. The maximum atomic E-state index is 11.9. The highest BCUT2D eigenvalue weighted by molar-refractivity contribution is 6.21. The van der Waals surface area contributed by atoms with Gasteiger partial charge in [0.15, 0.2) is 0 Å². The molecule has 28 heavy (non-hydrogen) atoms. The van der Waals surface area contributed by atoms with Gasteiger partial charge in [-0.25, -0.2) is 9.59 Å². The third kappa shape index (κ3) is 2.79. The summed E-state index contributed by atoms with van der Waals surface area (Å²) < 4.78 is 7.53. The number of ether oxygens (including phenoxy) is 1. The molecule has 0 spiro atoms. The van der Waals surface area contributed by atoms with Crippen molar-refractivity contribution in [3.8, 4) is 17.0 Å². The van der Waals surface area contributed by atoms with Crippen molar-refractivity contribution < 1.29 is 24.5 Å². The van der Waals surface area contributed by atoms with E-state index in [4.69, 9.17) is 4.74 Å². The number of carboxylic acids is 2. The summed E-state index contributed by atoms with van der Waals surface area (Å²) in [6.45, 7) is 3.34. The van der Waals surface area contributed by atoms with E-state index < -0.39 is 11.9 Å².